The van der Waals surface area contributed by atoms with E-state index in [4.69, 9.17) is 0 Å². The lowest BCUT2D eigenvalue weighted by Gasteiger charge is -2.31. The van der Waals surface area contributed by atoms with Gasteiger partial charge in [-0.25, -0.2) is 28.4 Å². The number of nitrogens with one attached hydrogen (secondary N) is 1. The number of imidazole rings is 1. The first-order valence-electron chi connectivity index (χ1n) is 11.3. The number of halogens is 3. The molecular formula is C21H26F3N7O3S2. The number of sulfonamides is 1. The molecule has 196 valence electrons. The summed E-state index contributed by atoms with van der Waals surface area (Å²) in [7, 11) is -2.04. The second-order valence-corrected chi connectivity index (χ2v) is 11.6. The molecule has 3 aromatic heterocycles. The predicted octanol–water partition coefficient (Wildman–Crippen LogP) is 2.93. The summed E-state index contributed by atoms with van der Waals surface area (Å²) >= 11 is 1.05. The van der Waals surface area contributed by atoms with Gasteiger partial charge in [-0.2, -0.15) is 17.5 Å². The average Bonchev–Trinajstić information content (AvgIpc) is 3.48. The second-order valence-electron chi connectivity index (χ2n) is 8.55. The van der Waals surface area contributed by atoms with Crippen molar-refractivity contribution < 1.29 is 26.7 Å². The molecule has 4 heterocycles. The van der Waals surface area contributed by atoms with E-state index in [1.54, 1.807) is 11.6 Å². The second kappa shape index (κ2) is 10.4. The lowest BCUT2D eigenvalue weighted by atomic mass is 10.1. The van der Waals surface area contributed by atoms with Crippen molar-refractivity contribution in [3.63, 3.8) is 0 Å². The van der Waals surface area contributed by atoms with Crippen molar-refractivity contribution in [2.24, 2.45) is 7.05 Å². The van der Waals surface area contributed by atoms with Gasteiger partial charge in [0.1, 0.15) is 16.3 Å². The molecule has 0 bridgehead atoms. The number of piperidine rings is 1. The fraction of sp³-hybridized carbons (Fsp3) is 0.524. The Morgan fingerprint density at radius 2 is 1.94 bits per heavy atom. The van der Waals surface area contributed by atoms with Crippen molar-refractivity contribution in [3.05, 3.63) is 35.4 Å². The minimum atomic E-state index is -4.67. The molecule has 4 rings (SSSR count). The van der Waals surface area contributed by atoms with Crippen LogP contribution in [0.1, 0.15) is 36.6 Å². The van der Waals surface area contributed by atoms with Gasteiger partial charge in [0.05, 0.1) is 12.4 Å². The molecule has 1 saturated heterocycles. The normalized spacial score (nSPS) is 16.8. The van der Waals surface area contributed by atoms with E-state index in [9.17, 15) is 26.7 Å². The average molecular weight is 546 g/mol. The zero-order valence-corrected chi connectivity index (χ0v) is 21.2. The topological polar surface area (TPSA) is 126 Å². The Balaban J connectivity index is 1.49. The van der Waals surface area contributed by atoms with E-state index in [2.05, 4.69) is 25.3 Å². The summed E-state index contributed by atoms with van der Waals surface area (Å²) in [6.07, 6.45) is 1.41. The number of thiazole rings is 1. The minimum absolute atomic E-state index is 0.00868. The van der Waals surface area contributed by atoms with Gasteiger partial charge in [0, 0.05) is 56.1 Å². The standard InChI is InChI=1S/C21H26F3N7O3S2/c1-3-14(32)8-15-9-25-19(35-15)18-16(21(22,23)24)10-26-20(29-18)28-13-4-6-31(7-5-13)36(33,34)17-11-30(2)12-27-17/h9-14,32H,3-8H2,1-2H3,(H,26,28,29). The highest BCUT2D eigenvalue weighted by atomic mass is 32.2. The van der Waals surface area contributed by atoms with Gasteiger partial charge < -0.3 is 15.0 Å². The maximum absolute atomic E-state index is 13.7. The monoisotopic (exact) mass is 545 g/mol. The molecule has 1 fully saturated rings. The van der Waals surface area contributed by atoms with Crippen LogP contribution in [0.25, 0.3) is 10.7 Å². The lowest BCUT2D eigenvalue weighted by Crippen LogP contribution is -2.42. The predicted molar refractivity (Wildman–Crippen MR) is 127 cm³/mol. The van der Waals surface area contributed by atoms with Gasteiger partial charge in [-0.1, -0.05) is 6.92 Å². The molecule has 15 heteroatoms. The molecule has 0 amide bonds. The molecule has 0 aromatic carbocycles. The highest BCUT2D eigenvalue weighted by Gasteiger charge is 2.37. The zero-order chi connectivity index (χ0) is 26.1. The van der Waals surface area contributed by atoms with E-state index in [-0.39, 0.29) is 40.8 Å². The first-order valence-corrected chi connectivity index (χ1v) is 13.5. The number of aryl methyl sites for hydroxylation is 1. The van der Waals surface area contributed by atoms with Gasteiger partial charge in [-0.3, -0.25) is 0 Å². The Hall–Kier alpha value is -2.62. The van der Waals surface area contributed by atoms with Crippen molar-refractivity contribution in [1.29, 1.82) is 0 Å². The molecule has 0 radical (unpaired) electrons. The first kappa shape index (κ1) is 26.4. The molecule has 1 unspecified atom stereocenters. The summed E-state index contributed by atoms with van der Waals surface area (Å²) in [6, 6.07) is -0.226. The van der Waals surface area contributed by atoms with Crippen molar-refractivity contribution >= 4 is 27.3 Å². The highest BCUT2D eigenvalue weighted by Crippen LogP contribution is 2.38. The van der Waals surface area contributed by atoms with Crippen molar-refractivity contribution in [3.8, 4) is 10.7 Å². The van der Waals surface area contributed by atoms with Crippen LogP contribution < -0.4 is 5.32 Å². The SMILES string of the molecule is CCC(O)Cc1cnc(-c2nc(NC3CCN(S(=O)(=O)c4cn(C)cn4)CC3)ncc2C(F)(F)F)s1. The van der Waals surface area contributed by atoms with Crippen LogP contribution in [0.2, 0.25) is 0 Å². The summed E-state index contributed by atoms with van der Waals surface area (Å²) in [6.45, 7) is 2.26. The summed E-state index contributed by atoms with van der Waals surface area (Å²) in [5.74, 6) is 0.00868. The van der Waals surface area contributed by atoms with Crippen molar-refractivity contribution in [1.82, 2.24) is 28.8 Å². The number of aromatic nitrogens is 5. The minimum Gasteiger partial charge on any atom is -0.393 e. The Morgan fingerprint density at radius 1 is 1.22 bits per heavy atom. The van der Waals surface area contributed by atoms with Crippen LogP contribution >= 0.6 is 11.3 Å². The Labute approximate surface area is 210 Å². The number of hydrogen-bond acceptors (Lipinski definition) is 9. The fourth-order valence-electron chi connectivity index (χ4n) is 3.79. The van der Waals surface area contributed by atoms with Crippen LogP contribution in [0.4, 0.5) is 19.1 Å². The third-order valence-corrected chi connectivity index (χ3v) is 8.64. The van der Waals surface area contributed by atoms with E-state index < -0.39 is 27.9 Å². The van der Waals surface area contributed by atoms with Crippen LogP contribution in [-0.2, 0) is 29.7 Å². The maximum Gasteiger partial charge on any atom is 0.420 e. The molecule has 3 aromatic rings. The molecule has 0 aliphatic carbocycles. The highest BCUT2D eigenvalue weighted by molar-refractivity contribution is 7.89. The number of nitrogens with zero attached hydrogens (tertiary/aromatic N) is 6. The summed E-state index contributed by atoms with van der Waals surface area (Å²) < 4.78 is 69.4. The number of hydrogen-bond donors (Lipinski definition) is 2. The van der Waals surface area contributed by atoms with Gasteiger partial charge in [-0.15, -0.1) is 11.3 Å². The van der Waals surface area contributed by atoms with Crippen LogP contribution in [-0.4, -0.2) is 67.6 Å². The summed E-state index contributed by atoms with van der Waals surface area (Å²) in [5.41, 5.74) is -1.33. The molecule has 1 aliphatic heterocycles. The Kier molecular flexibility index (Phi) is 7.64. The van der Waals surface area contributed by atoms with Gasteiger partial charge in [0.2, 0.25) is 5.95 Å². The number of anilines is 1. The largest absolute Gasteiger partial charge is 0.420 e. The quantitative estimate of drug-likeness (QED) is 0.443. The summed E-state index contributed by atoms with van der Waals surface area (Å²) in [5, 5.41) is 13.0. The maximum atomic E-state index is 13.7. The Bertz CT molecular complexity index is 1300. The number of aliphatic hydroxyl groups excluding tert-OH is 1. The van der Waals surface area contributed by atoms with Crippen LogP contribution in [0, 0.1) is 0 Å². The van der Waals surface area contributed by atoms with Gasteiger partial charge in [0.15, 0.2) is 5.03 Å². The lowest BCUT2D eigenvalue weighted by molar-refractivity contribution is -0.137. The van der Waals surface area contributed by atoms with Crippen LogP contribution in [0.3, 0.4) is 0 Å². The molecule has 36 heavy (non-hydrogen) atoms. The van der Waals surface area contributed by atoms with Crippen LogP contribution in [0.15, 0.2) is 29.9 Å². The van der Waals surface area contributed by atoms with Gasteiger partial charge >= 0.3 is 6.18 Å². The molecule has 0 spiro atoms. The van der Waals surface area contributed by atoms with Crippen LogP contribution in [0.5, 0.6) is 0 Å². The first-order chi connectivity index (χ1) is 17.0. The van der Waals surface area contributed by atoms with Crippen molar-refractivity contribution in [2.75, 3.05) is 18.4 Å². The van der Waals surface area contributed by atoms with E-state index in [0.717, 1.165) is 17.5 Å². The van der Waals surface area contributed by atoms with Crippen molar-refractivity contribution in [2.45, 2.75) is 56.0 Å². The number of aliphatic hydroxyl groups is 1. The van der Waals surface area contributed by atoms with Gasteiger partial charge in [-0.05, 0) is 19.3 Å². The Morgan fingerprint density at radius 3 is 2.56 bits per heavy atom. The fourth-order valence-corrected chi connectivity index (χ4v) is 6.21. The van der Waals surface area contributed by atoms with E-state index in [1.165, 1.54) is 23.0 Å². The molecular weight excluding hydrogens is 519 g/mol. The molecule has 1 atom stereocenters. The molecule has 0 saturated carbocycles. The van der Waals surface area contributed by atoms with E-state index in [0.29, 0.717) is 30.6 Å². The third kappa shape index (κ3) is 5.85. The zero-order valence-electron chi connectivity index (χ0n) is 19.6. The number of rotatable bonds is 8. The molecule has 10 nitrogen and oxygen atoms in total. The molecule has 2 N–H and O–H groups in total. The molecule has 1 aliphatic rings. The summed E-state index contributed by atoms with van der Waals surface area (Å²) in [4.78, 5) is 16.7. The third-order valence-electron chi connectivity index (χ3n) is 5.83. The number of alkyl halides is 3. The van der Waals surface area contributed by atoms with Gasteiger partial charge in [0.25, 0.3) is 10.0 Å². The van der Waals surface area contributed by atoms with E-state index >= 15 is 0 Å². The smallest absolute Gasteiger partial charge is 0.393 e. The van der Waals surface area contributed by atoms with E-state index in [1.807, 2.05) is 6.92 Å².